The largest absolute Gasteiger partial charge is 0.470 e. The van der Waals surface area contributed by atoms with Crippen molar-refractivity contribution in [1.29, 1.82) is 0 Å². The lowest BCUT2D eigenvalue weighted by Gasteiger charge is -2.07. The summed E-state index contributed by atoms with van der Waals surface area (Å²) < 4.78 is 16.6. The van der Waals surface area contributed by atoms with E-state index >= 15 is 0 Å². The zero-order valence-electron chi connectivity index (χ0n) is 14.0. The van der Waals surface area contributed by atoms with Gasteiger partial charge in [-0.25, -0.2) is 4.79 Å². The third-order valence-corrected chi connectivity index (χ3v) is 4.03. The van der Waals surface area contributed by atoms with Gasteiger partial charge in [-0.3, -0.25) is 0 Å². The minimum absolute atomic E-state index is 0.205. The molecule has 0 bridgehead atoms. The molecule has 2 aromatic heterocycles. The quantitative estimate of drug-likeness (QED) is 0.514. The molecule has 0 aliphatic heterocycles. The van der Waals surface area contributed by atoms with Crippen LogP contribution in [0.15, 0.2) is 77.4 Å². The Balaban J connectivity index is 1.59. The molecule has 2 heterocycles. The first-order valence-electron chi connectivity index (χ1n) is 8.28. The highest BCUT2D eigenvalue weighted by atomic mass is 16.5. The van der Waals surface area contributed by atoms with E-state index < -0.39 is 5.97 Å². The number of H-pyrrole nitrogens is 1. The van der Waals surface area contributed by atoms with Crippen LogP contribution in [0, 0.1) is 0 Å². The number of carbonyl (C=O) groups is 1. The van der Waals surface area contributed by atoms with Crippen molar-refractivity contribution in [3.05, 3.63) is 89.9 Å². The maximum atomic E-state index is 12.7. The lowest BCUT2D eigenvalue weighted by molar-refractivity contribution is 0.0469. The normalized spacial score (nSPS) is 10.8. The summed E-state index contributed by atoms with van der Waals surface area (Å²) in [6.07, 6.45) is 1.58. The number of fused-ring (bicyclic) bond motifs is 1. The van der Waals surface area contributed by atoms with Gasteiger partial charge in [0.25, 0.3) is 0 Å². The summed E-state index contributed by atoms with van der Waals surface area (Å²) in [4.78, 5) is 15.9. The van der Waals surface area contributed by atoms with Crippen molar-refractivity contribution in [2.75, 3.05) is 0 Å². The van der Waals surface area contributed by atoms with Crippen LogP contribution in [0.1, 0.15) is 21.7 Å². The van der Waals surface area contributed by atoms with Crippen LogP contribution in [-0.4, -0.2) is 11.0 Å². The molecular weight excluding hydrogens is 330 g/mol. The van der Waals surface area contributed by atoms with Crippen LogP contribution in [0.3, 0.4) is 0 Å². The third kappa shape index (κ3) is 3.32. The number of rotatable bonds is 6. The Labute approximate surface area is 150 Å². The number of esters is 1. The van der Waals surface area contributed by atoms with Crippen LogP contribution < -0.4 is 4.74 Å². The number of hydrogen-bond acceptors (Lipinski definition) is 4. The van der Waals surface area contributed by atoms with Gasteiger partial charge in [0.15, 0.2) is 0 Å². The fourth-order valence-corrected chi connectivity index (χ4v) is 2.76. The Morgan fingerprint density at radius 3 is 2.54 bits per heavy atom. The van der Waals surface area contributed by atoms with Gasteiger partial charge in [0.2, 0.25) is 5.88 Å². The number of benzene rings is 2. The van der Waals surface area contributed by atoms with Gasteiger partial charge in [0.05, 0.1) is 6.26 Å². The van der Waals surface area contributed by atoms with Crippen molar-refractivity contribution < 1.29 is 18.7 Å². The monoisotopic (exact) mass is 347 g/mol. The van der Waals surface area contributed by atoms with Crippen LogP contribution in [0.4, 0.5) is 0 Å². The molecule has 26 heavy (non-hydrogen) atoms. The predicted molar refractivity (Wildman–Crippen MR) is 96.9 cm³/mol. The first-order chi connectivity index (χ1) is 12.8. The third-order valence-electron chi connectivity index (χ3n) is 4.03. The van der Waals surface area contributed by atoms with Gasteiger partial charge in [0, 0.05) is 10.9 Å². The average Bonchev–Trinajstić information content (AvgIpc) is 3.32. The molecule has 130 valence electrons. The van der Waals surface area contributed by atoms with Gasteiger partial charge in [0.1, 0.15) is 24.5 Å². The number of carbonyl (C=O) groups excluding carboxylic acids is 1. The number of aromatic nitrogens is 1. The average molecular weight is 347 g/mol. The molecule has 0 fully saturated rings. The summed E-state index contributed by atoms with van der Waals surface area (Å²) in [5.41, 5.74) is 2.13. The van der Waals surface area contributed by atoms with Gasteiger partial charge in [-0.05, 0) is 23.8 Å². The van der Waals surface area contributed by atoms with E-state index in [-0.39, 0.29) is 13.2 Å². The van der Waals surface area contributed by atoms with Gasteiger partial charge in [-0.15, -0.1) is 0 Å². The van der Waals surface area contributed by atoms with E-state index in [1.54, 1.807) is 12.3 Å². The molecule has 4 rings (SSSR count). The van der Waals surface area contributed by atoms with Gasteiger partial charge in [-0.1, -0.05) is 48.5 Å². The molecule has 0 aliphatic rings. The second-order valence-corrected chi connectivity index (χ2v) is 5.80. The SMILES string of the molecule is O=C(OCc1ccccc1)c1c(OCc2ccco2)[nH]c2ccccc12. The fraction of sp³-hybridized carbons (Fsp3) is 0.0952. The number of aromatic amines is 1. The summed E-state index contributed by atoms with van der Waals surface area (Å²) in [6.45, 7) is 0.426. The van der Waals surface area contributed by atoms with Gasteiger partial charge >= 0.3 is 5.97 Å². The second kappa shape index (κ2) is 7.19. The number of hydrogen-bond donors (Lipinski definition) is 1. The van der Waals surface area contributed by atoms with E-state index in [0.29, 0.717) is 17.2 Å². The maximum Gasteiger partial charge on any atom is 0.344 e. The van der Waals surface area contributed by atoms with Crippen LogP contribution in [0.2, 0.25) is 0 Å². The number of nitrogens with one attached hydrogen (secondary N) is 1. The molecule has 0 aliphatic carbocycles. The Kier molecular flexibility index (Phi) is 4.43. The number of ether oxygens (including phenoxy) is 2. The van der Waals surface area contributed by atoms with Crippen molar-refractivity contribution in [2.45, 2.75) is 13.2 Å². The maximum absolute atomic E-state index is 12.7. The van der Waals surface area contributed by atoms with Gasteiger partial charge in [-0.2, -0.15) is 0 Å². The van der Waals surface area contributed by atoms with Crippen molar-refractivity contribution >= 4 is 16.9 Å². The lowest BCUT2D eigenvalue weighted by atomic mass is 10.1. The molecule has 5 heteroatoms. The van der Waals surface area contributed by atoms with E-state index in [0.717, 1.165) is 16.5 Å². The Morgan fingerprint density at radius 1 is 0.923 bits per heavy atom. The summed E-state index contributed by atoms with van der Waals surface area (Å²) >= 11 is 0. The van der Waals surface area contributed by atoms with E-state index in [4.69, 9.17) is 13.9 Å². The molecule has 0 saturated heterocycles. The summed E-state index contributed by atoms with van der Waals surface area (Å²) in [5.74, 6) is 0.619. The summed E-state index contributed by atoms with van der Waals surface area (Å²) in [5, 5.41) is 0.764. The zero-order valence-corrected chi connectivity index (χ0v) is 14.0. The Bertz CT molecular complexity index is 1000. The van der Waals surface area contributed by atoms with E-state index in [9.17, 15) is 4.79 Å². The van der Waals surface area contributed by atoms with Crippen molar-refractivity contribution in [2.24, 2.45) is 0 Å². The van der Waals surface area contributed by atoms with E-state index in [1.165, 1.54) is 0 Å². The smallest absolute Gasteiger partial charge is 0.344 e. The number of para-hydroxylation sites is 1. The zero-order chi connectivity index (χ0) is 17.8. The topological polar surface area (TPSA) is 64.5 Å². The van der Waals surface area contributed by atoms with Crippen LogP contribution in [0.5, 0.6) is 5.88 Å². The van der Waals surface area contributed by atoms with Crippen molar-refractivity contribution in [3.63, 3.8) is 0 Å². The van der Waals surface area contributed by atoms with Crippen molar-refractivity contribution in [1.82, 2.24) is 4.98 Å². The molecule has 0 saturated carbocycles. The highest BCUT2D eigenvalue weighted by Crippen LogP contribution is 2.29. The van der Waals surface area contributed by atoms with Crippen molar-refractivity contribution in [3.8, 4) is 5.88 Å². The highest BCUT2D eigenvalue weighted by molar-refractivity contribution is 6.06. The fourth-order valence-electron chi connectivity index (χ4n) is 2.76. The molecule has 2 aromatic carbocycles. The number of furan rings is 1. The summed E-state index contributed by atoms with van der Waals surface area (Å²) in [6, 6.07) is 20.7. The highest BCUT2D eigenvalue weighted by Gasteiger charge is 2.21. The molecule has 0 unspecified atom stereocenters. The minimum atomic E-state index is -0.430. The van der Waals surface area contributed by atoms with Crippen LogP contribution in [-0.2, 0) is 18.0 Å². The van der Waals surface area contributed by atoms with E-state index in [2.05, 4.69) is 4.98 Å². The summed E-state index contributed by atoms with van der Waals surface area (Å²) in [7, 11) is 0. The molecule has 0 radical (unpaired) electrons. The second-order valence-electron chi connectivity index (χ2n) is 5.80. The first-order valence-corrected chi connectivity index (χ1v) is 8.28. The molecule has 0 amide bonds. The predicted octanol–water partition coefficient (Wildman–Crippen LogP) is 4.70. The lowest BCUT2D eigenvalue weighted by Crippen LogP contribution is -2.07. The standard InChI is InChI=1S/C21H17NO4/c23-21(26-13-15-7-2-1-3-8-15)19-17-10-4-5-11-18(17)22-20(19)25-14-16-9-6-12-24-16/h1-12,22H,13-14H2. The molecule has 0 spiro atoms. The molecule has 5 nitrogen and oxygen atoms in total. The van der Waals surface area contributed by atoms with Crippen LogP contribution in [0.25, 0.3) is 10.9 Å². The minimum Gasteiger partial charge on any atom is -0.470 e. The van der Waals surface area contributed by atoms with Gasteiger partial charge < -0.3 is 18.9 Å². The molecule has 1 N–H and O–H groups in total. The van der Waals surface area contributed by atoms with E-state index in [1.807, 2.05) is 60.7 Å². The molecule has 4 aromatic rings. The molecule has 0 atom stereocenters. The first kappa shape index (κ1) is 16.0. The van der Waals surface area contributed by atoms with Crippen LogP contribution >= 0.6 is 0 Å². The Hall–Kier alpha value is -3.47. The Morgan fingerprint density at radius 2 is 1.73 bits per heavy atom. The molecular formula is C21H17NO4.